The Morgan fingerprint density at radius 1 is 0.304 bits per heavy atom. The highest BCUT2D eigenvalue weighted by molar-refractivity contribution is 9.10. The van der Waals surface area contributed by atoms with Crippen molar-refractivity contribution in [1.29, 1.82) is 0 Å². The van der Waals surface area contributed by atoms with Crippen LogP contribution in [0.15, 0.2) is 268 Å². The number of furan rings is 2. The molecule has 372 valence electrons. The second-order valence-corrected chi connectivity index (χ2v) is 23.2. The summed E-state index contributed by atoms with van der Waals surface area (Å²) < 4.78 is 21.1. The average molecular weight is 1110 g/mol. The van der Waals surface area contributed by atoms with Gasteiger partial charge in [-0.2, -0.15) is 0 Å². The second kappa shape index (κ2) is 18.6. The van der Waals surface area contributed by atoms with E-state index in [1.165, 1.54) is 129 Å². The van der Waals surface area contributed by atoms with Crippen molar-refractivity contribution < 1.29 is 8.83 Å². The highest BCUT2D eigenvalue weighted by atomic mass is 79.9. The van der Waals surface area contributed by atoms with Crippen LogP contribution in [0.25, 0.3) is 145 Å². The van der Waals surface area contributed by atoms with Crippen LogP contribution in [0.5, 0.6) is 0 Å². The van der Waals surface area contributed by atoms with Gasteiger partial charge in [-0.15, -0.1) is 22.7 Å². The first-order valence-corrected chi connectivity index (χ1v) is 29.1. The van der Waals surface area contributed by atoms with E-state index in [4.69, 9.17) is 8.83 Å². The van der Waals surface area contributed by atoms with E-state index >= 15 is 0 Å². The number of hydrogen-bond donors (Lipinski definition) is 0. The topological polar surface area (TPSA) is 31.2 Å². The fourth-order valence-electron chi connectivity index (χ4n) is 12.5. The Bertz CT molecular complexity index is 5180. The Balaban J connectivity index is 0.000000112. The van der Waals surface area contributed by atoms with Gasteiger partial charge in [-0.05, 0) is 128 Å². The Labute approximate surface area is 470 Å². The van der Waals surface area contributed by atoms with E-state index in [0.29, 0.717) is 0 Å². The first kappa shape index (κ1) is 46.1. The van der Waals surface area contributed by atoms with Crippen molar-refractivity contribution in [2.75, 3.05) is 0 Å². The quantitative estimate of drug-likeness (QED) is 0.177. The number of benzene rings is 12. The molecule has 0 aliphatic heterocycles. The highest BCUT2D eigenvalue weighted by Gasteiger charge is 2.22. The fourth-order valence-corrected chi connectivity index (χ4v) is 15.5. The summed E-state index contributed by atoms with van der Waals surface area (Å²) in [6.45, 7) is 0. The van der Waals surface area contributed by atoms with Crippen LogP contribution in [0.4, 0.5) is 0 Å². The van der Waals surface area contributed by atoms with Crippen LogP contribution in [0.3, 0.4) is 0 Å². The number of para-hydroxylation sites is 4. The molecule has 5 aromatic heterocycles. The highest BCUT2D eigenvalue weighted by Crippen LogP contribution is 2.48. The smallest absolute Gasteiger partial charge is 0.136 e. The van der Waals surface area contributed by atoms with E-state index < -0.39 is 0 Å². The third-order valence-corrected chi connectivity index (χ3v) is 19.2. The summed E-state index contributed by atoms with van der Waals surface area (Å²) in [5.41, 5.74) is 18.1. The van der Waals surface area contributed by atoms with Crippen molar-refractivity contribution in [3.05, 3.63) is 270 Å². The predicted octanol–water partition coefficient (Wildman–Crippen LogP) is 22.4. The minimum atomic E-state index is 0.927. The monoisotopic (exact) mass is 1110 g/mol. The van der Waals surface area contributed by atoms with Gasteiger partial charge in [0.05, 0.1) is 21.4 Å². The lowest BCUT2D eigenvalue weighted by Crippen LogP contribution is -1.93. The summed E-state index contributed by atoms with van der Waals surface area (Å²) in [5.74, 6) is 0. The largest absolute Gasteiger partial charge is 0.456 e. The zero-order chi connectivity index (χ0) is 52.1. The molecule has 0 atom stereocenters. The van der Waals surface area contributed by atoms with Crippen molar-refractivity contribution in [2.45, 2.75) is 6.42 Å². The molecular weight excluding hydrogens is 1070 g/mol. The van der Waals surface area contributed by atoms with Crippen molar-refractivity contribution >= 4 is 145 Å². The average Bonchev–Trinajstić information content (AvgIpc) is 4.53. The van der Waals surface area contributed by atoms with Gasteiger partial charge in [0, 0.05) is 72.4 Å². The predicted molar refractivity (Wildman–Crippen MR) is 341 cm³/mol. The van der Waals surface area contributed by atoms with Crippen molar-refractivity contribution in [3.8, 4) is 39.1 Å². The van der Waals surface area contributed by atoms with E-state index in [9.17, 15) is 0 Å². The van der Waals surface area contributed by atoms with Crippen LogP contribution in [0.1, 0.15) is 11.1 Å². The lowest BCUT2D eigenvalue weighted by atomic mass is 9.95. The molecule has 18 rings (SSSR count). The van der Waals surface area contributed by atoms with Gasteiger partial charge in [0.15, 0.2) is 0 Å². The molecule has 0 N–H and O–H groups in total. The first-order valence-electron chi connectivity index (χ1n) is 26.6. The molecule has 12 aromatic carbocycles. The standard InChI is InChI=1S/C36H21NOS.C24H13BrOS.C13H10/c1-4-16-28-22(10-1)23-11-2-5-17-29(23)37(28)30-18-7-15-27-35-25(14-9-21-33(35)39-36(27)30)24-13-8-20-32-34(24)26-12-3-6-19-31(26)38-32;25-18-10-3-9-17-23-15(8-5-13-21(23)27-24(17)18)14-7-4-12-20-22(14)16-6-1-2-11-19(16)26-20;1-3-7-12-10(5-1)9-11-6-2-4-8-13(11)12/h1-21H;1-13H;1-8H,9H2. The molecule has 3 nitrogen and oxygen atoms in total. The van der Waals surface area contributed by atoms with Gasteiger partial charge in [-0.3, -0.25) is 0 Å². The van der Waals surface area contributed by atoms with E-state index in [0.717, 1.165) is 38.6 Å². The third kappa shape index (κ3) is 7.36. The van der Waals surface area contributed by atoms with Crippen LogP contribution in [-0.4, -0.2) is 4.57 Å². The minimum absolute atomic E-state index is 0.927. The van der Waals surface area contributed by atoms with Gasteiger partial charge >= 0.3 is 0 Å². The number of nitrogens with zero attached hydrogens (tertiary/aromatic N) is 1. The Kier molecular flexibility index (Phi) is 10.8. The van der Waals surface area contributed by atoms with Crippen LogP contribution in [-0.2, 0) is 6.42 Å². The molecule has 1 aliphatic rings. The van der Waals surface area contributed by atoms with Gasteiger partial charge in [0.2, 0.25) is 0 Å². The molecule has 0 bridgehead atoms. The van der Waals surface area contributed by atoms with E-state index in [1.54, 1.807) is 0 Å². The maximum atomic E-state index is 6.24. The molecule has 0 saturated carbocycles. The Morgan fingerprint density at radius 3 is 1.24 bits per heavy atom. The Morgan fingerprint density at radius 2 is 0.684 bits per heavy atom. The molecule has 6 heteroatoms. The molecule has 0 fully saturated rings. The molecular formula is C73H44BrNO2S2. The minimum Gasteiger partial charge on any atom is -0.456 e. The summed E-state index contributed by atoms with van der Waals surface area (Å²) in [5, 5.41) is 12.5. The third-order valence-electron chi connectivity index (χ3n) is 15.9. The number of halogens is 1. The molecule has 0 amide bonds. The van der Waals surface area contributed by atoms with Crippen molar-refractivity contribution in [3.63, 3.8) is 0 Å². The number of hydrogen-bond acceptors (Lipinski definition) is 4. The van der Waals surface area contributed by atoms with Crippen LogP contribution >= 0.6 is 38.6 Å². The van der Waals surface area contributed by atoms with E-state index in [-0.39, 0.29) is 0 Å². The first-order chi connectivity index (χ1) is 39.1. The zero-order valence-electron chi connectivity index (χ0n) is 42.4. The maximum absolute atomic E-state index is 6.24. The summed E-state index contributed by atoms with van der Waals surface area (Å²) in [6, 6.07) is 90.7. The molecule has 5 heterocycles. The molecule has 0 spiro atoms. The molecule has 79 heavy (non-hydrogen) atoms. The number of thiophene rings is 2. The van der Waals surface area contributed by atoms with E-state index in [2.05, 4.69) is 257 Å². The van der Waals surface area contributed by atoms with Crippen molar-refractivity contribution in [2.24, 2.45) is 0 Å². The molecule has 17 aromatic rings. The lowest BCUT2D eigenvalue weighted by molar-refractivity contribution is 0.668. The van der Waals surface area contributed by atoms with Gasteiger partial charge in [-0.25, -0.2) is 0 Å². The SMILES string of the molecule is Brc1cccc2c1sc1cccc(-c3cccc4oc5ccccc5c34)c12.c1ccc2c(c1)Cc1ccccc1-2.c1ccc2c(c1)oc1cccc(-c3cccc4sc5c(-n6c7ccccc7c7ccccc76)cccc5c34)c12. The summed E-state index contributed by atoms with van der Waals surface area (Å²) in [6.07, 6.45) is 1.10. The molecule has 0 unspecified atom stereocenters. The molecule has 0 radical (unpaired) electrons. The van der Waals surface area contributed by atoms with Crippen LogP contribution < -0.4 is 0 Å². The fraction of sp³-hybridized carbons (Fsp3) is 0.0137. The number of aromatic nitrogens is 1. The van der Waals surface area contributed by atoms with Gasteiger partial charge in [-0.1, -0.05) is 194 Å². The normalized spacial score (nSPS) is 12.1. The van der Waals surface area contributed by atoms with E-state index in [1.807, 2.05) is 40.9 Å². The number of fused-ring (bicyclic) bond motifs is 18. The summed E-state index contributed by atoms with van der Waals surface area (Å²) in [4.78, 5) is 0. The summed E-state index contributed by atoms with van der Waals surface area (Å²) >= 11 is 7.43. The van der Waals surface area contributed by atoms with Gasteiger partial charge in [0.1, 0.15) is 22.3 Å². The van der Waals surface area contributed by atoms with Crippen molar-refractivity contribution in [1.82, 2.24) is 4.57 Å². The second-order valence-electron chi connectivity index (χ2n) is 20.2. The van der Waals surface area contributed by atoms with Gasteiger partial charge < -0.3 is 13.4 Å². The Hall–Kier alpha value is -9.04. The van der Waals surface area contributed by atoms with Gasteiger partial charge in [0.25, 0.3) is 0 Å². The van der Waals surface area contributed by atoms with Crippen LogP contribution in [0.2, 0.25) is 0 Å². The van der Waals surface area contributed by atoms with Crippen LogP contribution in [0, 0.1) is 0 Å². The maximum Gasteiger partial charge on any atom is 0.136 e. The lowest BCUT2D eigenvalue weighted by Gasteiger charge is -2.10. The zero-order valence-corrected chi connectivity index (χ0v) is 45.6. The molecule has 1 aliphatic carbocycles. The summed E-state index contributed by atoms with van der Waals surface area (Å²) in [7, 11) is 0. The number of rotatable bonds is 3. The molecule has 0 saturated heterocycles.